The van der Waals surface area contributed by atoms with Gasteiger partial charge in [-0.2, -0.15) is 0 Å². The molecule has 0 aromatic heterocycles. The lowest BCUT2D eigenvalue weighted by Crippen LogP contribution is -2.03. The molecule has 1 aromatic carbocycles. The predicted molar refractivity (Wildman–Crippen MR) is 63.4 cm³/mol. The molecule has 16 heavy (non-hydrogen) atoms. The van der Waals surface area contributed by atoms with Gasteiger partial charge in [0, 0.05) is 10.7 Å². The van der Waals surface area contributed by atoms with Crippen LogP contribution in [0.1, 0.15) is 29.9 Å². The number of rotatable bonds is 3. The van der Waals surface area contributed by atoms with E-state index in [4.69, 9.17) is 10.7 Å². The highest BCUT2D eigenvalue weighted by molar-refractivity contribution is 8.13. The molecule has 0 aliphatic heterocycles. The van der Waals surface area contributed by atoms with E-state index in [1.165, 1.54) is 0 Å². The van der Waals surface area contributed by atoms with Crippen molar-refractivity contribution in [2.75, 3.05) is 5.75 Å². The molecule has 0 heterocycles. The van der Waals surface area contributed by atoms with E-state index in [0.29, 0.717) is 6.42 Å². The van der Waals surface area contributed by atoms with Crippen LogP contribution in [-0.4, -0.2) is 19.3 Å². The molecule has 1 aliphatic carbocycles. The first-order chi connectivity index (χ1) is 7.46. The lowest BCUT2D eigenvalue weighted by Gasteiger charge is -2.09. The third-order valence-corrected chi connectivity index (χ3v) is 4.22. The molecule has 1 aromatic rings. The summed E-state index contributed by atoms with van der Waals surface area (Å²) in [5, 5.41) is 9.32. The number of phenolic OH excluding ortho intramolecular Hbond substituents is 1. The molecule has 1 N–H and O–H groups in total. The predicted octanol–water partition coefficient (Wildman–Crippen LogP) is 2.38. The average Bonchev–Trinajstić information content (AvgIpc) is 2.56. The Hall–Kier alpha value is -0.740. The highest BCUT2D eigenvalue weighted by Gasteiger charge is 2.23. The Morgan fingerprint density at radius 1 is 1.44 bits per heavy atom. The van der Waals surface area contributed by atoms with Crippen LogP contribution < -0.4 is 0 Å². The molecule has 1 aliphatic rings. The quantitative estimate of drug-likeness (QED) is 0.849. The summed E-state index contributed by atoms with van der Waals surface area (Å²) >= 11 is 0. The number of aromatic hydroxyl groups is 1. The molecule has 2 rings (SSSR count). The van der Waals surface area contributed by atoms with Gasteiger partial charge in [0.2, 0.25) is 9.05 Å². The van der Waals surface area contributed by atoms with Crippen LogP contribution in [0.4, 0.5) is 0 Å². The van der Waals surface area contributed by atoms with E-state index in [1.54, 1.807) is 12.1 Å². The van der Waals surface area contributed by atoms with Crippen molar-refractivity contribution in [3.63, 3.8) is 0 Å². The van der Waals surface area contributed by atoms with E-state index >= 15 is 0 Å². The second-order valence-corrected chi connectivity index (χ2v) is 7.05. The molecule has 1 unspecified atom stereocenters. The Labute approximate surface area is 99.5 Å². The van der Waals surface area contributed by atoms with Gasteiger partial charge in [0.15, 0.2) is 0 Å². The van der Waals surface area contributed by atoms with E-state index in [9.17, 15) is 13.5 Å². The summed E-state index contributed by atoms with van der Waals surface area (Å²) in [5.74, 6) is 0.535. The van der Waals surface area contributed by atoms with Crippen LogP contribution in [0.15, 0.2) is 18.2 Å². The number of phenols is 1. The fraction of sp³-hybridized carbons (Fsp3) is 0.455. The summed E-state index contributed by atoms with van der Waals surface area (Å²) in [4.78, 5) is 0. The minimum Gasteiger partial charge on any atom is -0.508 e. The topological polar surface area (TPSA) is 54.4 Å². The lowest BCUT2D eigenvalue weighted by molar-refractivity contribution is 0.474. The molecular weight excluding hydrogens is 248 g/mol. The van der Waals surface area contributed by atoms with Crippen molar-refractivity contribution >= 4 is 19.7 Å². The van der Waals surface area contributed by atoms with Gasteiger partial charge in [-0.25, -0.2) is 8.42 Å². The maximum absolute atomic E-state index is 10.9. The van der Waals surface area contributed by atoms with E-state index in [0.717, 1.165) is 24.0 Å². The second kappa shape index (κ2) is 4.26. The highest BCUT2D eigenvalue weighted by atomic mass is 35.7. The number of hydrogen-bond acceptors (Lipinski definition) is 3. The summed E-state index contributed by atoms with van der Waals surface area (Å²) in [6.45, 7) is 0. The molecule has 1 atom stereocenters. The monoisotopic (exact) mass is 260 g/mol. The lowest BCUT2D eigenvalue weighted by atomic mass is 9.99. The first-order valence-corrected chi connectivity index (χ1v) is 7.68. The zero-order chi connectivity index (χ0) is 11.8. The Kier molecular flexibility index (Phi) is 3.13. The minimum absolute atomic E-state index is 0.0134. The van der Waals surface area contributed by atoms with E-state index in [-0.39, 0.29) is 17.4 Å². The first-order valence-electron chi connectivity index (χ1n) is 5.20. The Morgan fingerprint density at radius 3 is 2.88 bits per heavy atom. The van der Waals surface area contributed by atoms with Gasteiger partial charge in [0.25, 0.3) is 0 Å². The van der Waals surface area contributed by atoms with Gasteiger partial charge in [0.1, 0.15) is 5.75 Å². The molecule has 0 spiro atoms. The smallest absolute Gasteiger partial charge is 0.232 e. The third-order valence-electron chi connectivity index (χ3n) is 3.04. The number of aryl methyl sites for hydroxylation is 1. The van der Waals surface area contributed by atoms with Crippen molar-refractivity contribution in [1.82, 2.24) is 0 Å². The van der Waals surface area contributed by atoms with Crippen molar-refractivity contribution in [2.45, 2.75) is 25.2 Å². The number of benzene rings is 1. The summed E-state index contributed by atoms with van der Waals surface area (Å²) < 4.78 is 21.8. The maximum atomic E-state index is 10.9. The van der Waals surface area contributed by atoms with Gasteiger partial charge in [-0.3, -0.25) is 0 Å². The SMILES string of the molecule is O=S(=O)(Cl)CCC1CCc2cc(O)ccc21. The standard InChI is InChI=1S/C11H13ClO3S/c12-16(14,15)6-5-8-1-2-9-7-10(13)3-4-11(8)9/h3-4,7-8,13H,1-2,5-6H2. The Bertz CT molecular complexity index is 496. The normalized spacial score (nSPS) is 19.7. The van der Waals surface area contributed by atoms with E-state index < -0.39 is 9.05 Å². The number of hydrogen-bond donors (Lipinski definition) is 1. The van der Waals surface area contributed by atoms with Crippen LogP contribution in [0.3, 0.4) is 0 Å². The maximum Gasteiger partial charge on any atom is 0.232 e. The molecular formula is C11H13ClO3S. The van der Waals surface area contributed by atoms with Gasteiger partial charge in [-0.15, -0.1) is 0 Å². The van der Waals surface area contributed by atoms with Crippen molar-refractivity contribution in [3.8, 4) is 5.75 Å². The van der Waals surface area contributed by atoms with Gasteiger partial charge in [-0.1, -0.05) is 6.07 Å². The molecule has 0 bridgehead atoms. The van der Waals surface area contributed by atoms with Crippen molar-refractivity contribution in [1.29, 1.82) is 0 Å². The van der Waals surface area contributed by atoms with Gasteiger partial charge < -0.3 is 5.11 Å². The largest absolute Gasteiger partial charge is 0.508 e. The van der Waals surface area contributed by atoms with Crippen LogP contribution in [0.25, 0.3) is 0 Å². The van der Waals surface area contributed by atoms with Crippen molar-refractivity contribution in [3.05, 3.63) is 29.3 Å². The summed E-state index contributed by atoms with van der Waals surface area (Å²) in [5.41, 5.74) is 2.27. The van der Waals surface area contributed by atoms with Crippen LogP contribution in [0, 0.1) is 0 Å². The summed E-state index contributed by atoms with van der Waals surface area (Å²) in [6.07, 6.45) is 2.39. The average molecular weight is 261 g/mol. The molecule has 0 saturated heterocycles. The number of fused-ring (bicyclic) bond motifs is 1. The van der Waals surface area contributed by atoms with Crippen LogP contribution in [0.5, 0.6) is 5.75 Å². The molecule has 5 heteroatoms. The zero-order valence-electron chi connectivity index (χ0n) is 8.69. The van der Waals surface area contributed by atoms with E-state index in [1.807, 2.05) is 6.07 Å². The van der Waals surface area contributed by atoms with Crippen LogP contribution in [0.2, 0.25) is 0 Å². The second-order valence-electron chi connectivity index (χ2n) is 4.15. The van der Waals surface area contributed by atoms with Gasteiger partial charge >= 0.3 is 0 Å². The van der Waals surface area contributed by atoms with Gasteiger partial charge in [-0.05, 0) is 48.4 Å². The fourth-order valence-electron chi connectivity index (χ4n) is 2.28. The number of halogens is 1. The Balaban J connectivity index is 2.12. The van der Waals surface area contributed by atoms with Crippen molar-refractivity contribution < 1.29 is 13.5 Å². The highest BCUT2D eigenvalue weighted by Crippen LogP contribution is 2.37. The summed E-state index contributed by atoms with van der Waals surface area (Å²) in [7, 11) is 1.80. The first kappa shape index (κ1) is 11.7. The molecule has 3 nitrogen and oxygen atoms in total. The molecule has 88 valence electrons. The Morgan fingerprint density at radius 2 is 2.19 bits per heavy atom. The molecule has 0 saturated carbocycles. The molecule has 0 fully saturated rings. The molecule has 0 amide bonds. The van der Waals surface area contributed by atoms with E-state index in [2.05, 4.69) is 0 Å². The zero-order valence-corrected chi connectivity index (χ0v) is 10.3. The van der Waals surface area contributed by atoms with Crippen LogP contribution in [-0.2, 0) is 15.5 Å². The fourth-order valence-corrected chi connectivity index (χ4v) is 3.11. The van der Waals surface area contributed by atoms with Crippen molar-refractivity contribution in [2.24, 2.45) is 0 Å². The molecule has 0 radical (unpaired) electrons. The third kappa shape index (κ3) is 2.68. The summed E-state index contributed by atoms with van der Waals surface area (Å²) in [6, 6.07) is 5.28. The minimum atomic E-state index is -3.40. The van der Waals surface area contributed by atoms with Gasteiger partial charge in [0.05, 0.1) is 5.75 Å². The van der Waals surface area contributed by atoms with Crippen LogP contribution >= 0.6 is 10.7 Å².